The van der Waals surface area contributed by atoms with E-state index in [-0.39, 0.29) is 0 Å². The normalized spacial score (nSPS) is 11.9. The molecule has 0 atom stereocenters. The van der Waals surface area contributed by atoms with E-state index in [4.69, 9.17) is 0 Å². The summed E-state index contributed by atoms with van der Waals surface area (Å²) in [7, 11) is -2.12. The molecule has 0 rings (SSSR count). The third kappa shape index (κ3) is 15.0. The Balaban J connectivity index is 0. The van der Waals surface area contributed by atoms with Gasteiger partial charge in [0.1, 0.15) is 0 Å². The van der Waals surface area contributed by atoms with Crippen LogP contribution in [-0.2, 0) is 18.8 Å². The van der Waals surface area contributed by atoms with Crippen LogP contribution in [0, 0.1) is 0 Å². The molecule has 0 N–H and O–H groups in total. The maximum Gasteiger partial charge on any atom is 0.399 e. The first-order chi connectivity index (χ1) is 9.80. The van der Waals surface area contributed by atoms with Crippen LogP contribution in [0.5, 0.6) is 0 Å². The van der Waals surface area contributed by atoms with Crippen LogP contribution in [0.4, 0.5) is 0 Å². The van der Waals surface area contributed by atoms with E-state index in [0.717, 1.165) is 14.2 Å². The maximum atomic E-state index is 9.92. The number of hydrogen-bond acceptors (Lipinski definition) is 4. The molecule has 0 fully saturated rings. The van der Waals surface area contributed by atoms with Gasteiger partial charge in [-0.25, -0.2) is 0 Å². The molecule has 0 unspecified atom stereocenters. The van der Waals surface area contributed by atoms with Gasteiger partial charge >= 0.3 is 10.4 Å². The Morgan fingerprint density at radius 2 is 1.05 bits per heavy atom. The lowest BCUT2D eigenvalue weighted by molar-refractivity contribution is 0.286. The molecule has 0 aromatic heterocycles. The molecule has 21 heavy (non-hydrogen) atoms. The second-order valence-corrected chi connectivity index (χ2v) is 11.7. The molecule has 0 saturated heterocycles. The SMILES string of the molecule is CCCC[P+](C)(CCCC)CCCC.COS(=O)(=O)OC. The summed E-state index contributed by atoms with van der Waals surface area (Å²) in [5.74, 6) is 0. The fraction of sp³-hybridized carbons (Fsp3) is 1.00. The standard InChI is InChI=1S/C13H30P.C2H6O4S/c1-5-8-11-14(4,12-9-6-2)13-10-7-3;1-5-7(3,4)6-2/h5-13H2,1-4H3;1-2H3/q+1;. The van der Waals surface area contributed by atoms with Crippen molar-refractivity contribution in [3.8, 4) is 0 Å². The third-order valence-corrected chi connectivity index (χ3v) is 8.57. The van der Waals surface area contributed by atoms with E-state index in [1.807, 2.05) is 0 Å². The summed E-state index contributed by atoms with van der Waals surface area (Å²) in [6, 6.07) is 0. The summed E-state index contributed by atoms with van der Waals surface area (Å²) in [4.78, 5) is 0. The maximum absolute atomic E-state index is 9.92. The van der Waals surface area contributed by atoms with E-state index in [2.05, 4.69) is 35.8 Å². The molecule has 0 aliphatic carbocycles. The summed E-state index contributed by atoms with van der Waals surface area (Å²) in [6.45, 7) is 9.59. The molecule has 0 aliphatic rings. The quantitative estimate of drug-likeness (QED) is 0.516. The molecular formula is C15H36O4PS+. The molecule has 130 valence electrons. The van der Waals surface area contributed by atoms with Gasteiger partial charge in [-0.05, 0) is 19.3 Å². The Morgan fingerprint density at radius 3 is 1.19 bits per heavy atom. The molecule has 0 heterocycles. The van der Waals surface area contributed by atoms with Crippen molar-refractivity contribution in [3.63, 3.8) is 0 Å². The topological polar surface area (TPSA) is 52.6 Å². The highest BCUT2D eigenvalue weighted by molar-refractivity contribution is 7.81. The molecule has 0 saturated carbocycles. The zero-order chi connectivity index (χ0) is 16.8. The van der Waals surface area contributed by atoms with Crippen LogP contribution in [0.15, 0.2) is 0 Å². The minimum Gasteiger partial charge on any atom is -0.252 e. The molecule has 0 aromatic carbocycles. The van der Waals surface area contributed by atoms with Crippen molar-refractivity contribution in [3.05, 3.63) is 0 Å². The predicted octanol–water partition coefficient (Wildman–Crippen LogP) is 4.56. The van der Waals surface area contributed by atoms with Gasteiger partial charge < -0.3 is 0 Å². The molecule has 4 nitrogen and oxygen atoms in total. The van der Waals surface area contributed by atoms with Crippen LogP contribution in [0.25, 0.3) is 0 Å². The van der Waals surface area contributed by atoms with Crippen LogP contribution in [-0.4, -0.2) is 47.8 Å². The van der Waals surface area contributed by atoms with Gasteiger partial charge in [-0.15, -0.1) is 0 Å². The van der Waals surface area contributed by atoms with Crippen molar-refractivity contribution < 1.29 is 16.8 Å². The summed E-state index contributed by atoms with van der Waals surface area (Å²) < 4.78 is 27.5. The first kappa shape index (κ1) is 23.6. The molecule has 6 heteroatoms. The number of hydrogen-bond donors (Lipinski definition) is 0. The van der Waals surface area contributed by atoms with Crippen molar-refractivity contribution in [2.24, 2.45) is 0 Å². The predicted molar refractivity (Wildman–Crippen MR) is 95.1 cm³/mol. The van der Waals surface area contributed by atoms with E-state index >= 15 is 0 Å². The van der Waals surface area contributed by atoms with Gasteiger partial charge in [0.05, 0.1) is 32.7 Å². The highest BCUT2D eigenvalue weighted by Gasteiger charge is 2.28. The van der Waals surface area contributed by atoms with Gasteiger partial charge in [-0.2, -0.15) is 8.42 Å². The summed E-state index contributed by atoms with van der Waals surface area (Å²) in [5, 5.41) is 0. The van der Waals surface area contributed by atoms with Gasteiger partial charge in [-0.1, -0.05) is 40.0 Å². The van der Waals surface area contributed by atoms with Crippen LogP contribution in [0.3, 0.4) is 0 Å². The van der Waals surface area contributed by atoms with Crippen molar-refractivity contribution in [2.45, 2.75) is 59.3 Å². The van der Waals surface area contributed by atoms with Gasteiger partial charge in [0.25, 0.3) is 0 Å². The molecule has 0 bridgehead atoms. The number of rotatable bonds is 11. The van der Waals surface area contributed by atoms with E-state index in [1.165, 1.54) is 38.5 Å². The zero-order valence-corrected chi connectivity index (χ0v) is 16.6. The molecule has 0 aliphatic heterocycles. The minimum absolute atomic E-state index is 0.519. The fourth-order valence-electron chi connectivity index (χ4n) is 2.02. The molecular weight excluding hydrogens is 307 g/mol. The van der Waals surface area contributed by atoms with E-state index < -0.39 is 17.7 Å². The van der Waals surface area contributed by atoms with E-state index in [0.29, 0.717) is 0 Å². The van der Waals surface area contributed by atoms with Gasteiger partial charge in [0.2, 0.25) is 0 Å². The Morgan fingerprint density at radius 1 is 0.762 bits per heavy atom. The zero-order valence-electron chi connectivity index (χ0n) is 14.9. The van der Waals surface area contributed by atoms with Gasteiger partial charge in [0, 0.05) is 13.9 Å². The second kappa shape index (κ2) is 13.9. The molecule has 0 radical (unpaired) electrons. The summed E-state index contributed by atoms with van der Waals surface area (Å²) in [6.07, 6.45) is 13.2. The second-order valence-electron chi connectivity index (χ2n) is 5.59. The Bertz CT molecular complexity index is 286. The first-order valence-corrected chi connectivity index (χ1v) is 12.1. The van der Waals surface area contributed by atoms with Crippen molar-refractivity contribution in [2.75, 3.05) is 39.4 Å². The smallest absolute Gasteiger partial charge is 0.252 e. The lowest BCUT2D eigenvalue weighted by Crippen LogP contribution is -2.07. The van der Waals surface area contributed by atoms with Crippen molar-refractivity contribution in [1.82, 2.24) is 0 Å². The largest absolute Gasteiger partial charge is 0.399 e. The van der Waals surface area contributed by atoms with Gasteiger partial charge in [0.15, 0.2) is 0 Å². The van der Waals surface area contributed by atoms with Gasteiger partial charge in [-0.3, -0.25) is 8.37 Å². The summed E-state index contributed by atoms with van der Waals surface area (Å²) in [5.41, 5.74) is 0. The fourth-order valence-corrected chi connectivity index (χ4v) is 6.07. The van der Waals surface area contributed by atoms with Crippen LogP contribution in [0.1, 0.15) is 59.3 Å². The molecule has 0 spiro atoms. The van der Waals surface area contributed by atoms with Crippen LogP contribution < -0.4 is 0 Å². The Hall–Kier alpha value is 0.300. The highest BCUT2D eigenvalue weighted by atomic mass is 32.3. The summed E-state index contributed by atoms with van der Waals surface area (Å²) >= 11 is 0. The number of unbranched alkanes of at least 4 members (excludes halogenated alkanes) is 3. The molecule has 0 aromatic rings. The highest BCUT2D eigenvalue weighted by Crippen LogP contribution is 2.57. The lowest BCUT2D eigenvalue weighted by atomic mass is 10.4. The van der Waals surface area contributed by atoms with Crippen LogP contribution >= 0.6 is 7.26 Å². The Kier molecular flexibility index (Phi) is 15.6. The molecule has 0 amide bonds. The van der Waals surface area contributed by atoms with Crippen molar-refractivity contribution >= 4 is 17.7 Å². The Labute approximate surface area is 133 Å². The third-order valence-electron chi connectivity index (χ3n) is 3.56. The average molecular weight is 343 g/mol. The van der Waals surface area contributed by atoms with E-state index in [9.17, 15) is 8.42 Å². The van der Waals surface area contributed by atoms with E-state index in [1.54, 1.807) is 18.5 Å². The minimum atomic E-state index is -3.66. The van der Waals surface area contributed by atoms with Crippen LogP contribution in [0.2, 0.25) is 0 Å². The lowest BCUT2D eigenvalue weighted by Gasteiger charge is -2.22. The monoisotopic (exact) mass is 343 g/mol. The average Bonchev–Trinajstić information content (AvgIpc) is 2.50. The van der Waals surface area contributed by atoms with Crippen molar-refractivity contribution in [1.29, 1.82) is 0 Å². The first-order valence-electron chi connectivity index (χ1n) is 8.00.